The summed E-state index contributed by atoms with van der Waals surface area (Å²) in [6.07, 6.45) is 3.41. The van der Waals surface area contributed by atoms with E-state index in [9.17, 15) is 0 Å². The van der Waals surface area contributed by atoms with Gasteiger partial charge in [0, 0.05) is 23.1 Å². The Morgan fingerprint density at radius 3 is 2.78 bits per heavy atom. The van der Waals surface area contributed by atoms with Gasteiger partial charge in [0.05, 0.1) is 0 Å². The van der Waals surface area contributed by atoms with Crippen LogP contribution in [0.4, 0.5) is 0 Å². The topological polar surface area (TPSA) is 30.7 Å². The predicted octanol–water partition coefficient (Wildman–Crippen LogP) is 4.87. The first-order valence-electron chi connectivity index (χ1n) is 7.95. The number of rotatable bonds is 6. The third-order valence-electron chi connectivity index (χ3n) is 4.18. The fourth-order valence-corrected chi connectivity index (χ4v) is 4.51. The van der Waals surface area contributed by atoms with E-state index in [2.05, 4.69) is 63.5 Å². The molecule has 2 heterocycles. The number of thioether (sulfide) groups is 1. The monoisotopic (exact) mass is 341 g/mol. The van der Waals surface area contributed by atoms with Gasteiger partial charge in [-0.1, -0.05) is 42.1 Å². The molecule has 0 amide bonds. The number of aromatic nitrogens is 3. The Morgan fingerprint density at radius 2 is 2.04 bits per heavy atom. The molecule has 0 bridgehead atoms. The van der Waals surface area contributed by atoms with Crippen molar-refractivity contribution in [2.45, 2.75) is 43.1 Å². The minimum atomic E-state index is 0.610. The molecule has 0 unspecified atom stereocenters. The van der Waals surface area contributed by atoms with Crippen LogP contribution >= 0.6 is 23.1 Å². The van der Waals surface area contributed by atoms with E-state index in [1.807, 2.05) is 11.8 Å². The maximum absolute atomic E-state index is 4.49. The van der Waals surface area contributed by atoms with Gasteiger partial charge in [0.15, 0.2) is 5.16 Å². The second-order valence-electron chi connectivity index (χ2n) is 5.97. The fourth-order valence-electron chi connectivity index (χ4n) is 2.71. The predicted molar refractivity (Wildman–Crippen MR) is 96.2 cm³/mol. The van der Waals surface area contributed by atoms with Crippen LogP contribution in [0.5, 0.6) is 0 Å². The van der Waals surface area contributed by atoms with Gasteiger partial charge in [0.1, 0.15) is 5.82 Å². The molecule has 118 valence electrons. The van der Waals surface area contributed by atoms with E-state index in [4.69, 9.17) is 0 Å². The van der Waals surface area contributed by atoms with Gasteiger partial charge in [-0.3, -0.25) is 0 Å². The molecule has 0 radical (unpaired) electrons. The van der Waals surface area contributed by atoms with Crippen molar-refractivity contribution in [3.63, 3.8) is 0 Å². The second-order valence-corrected chi connectivity index (χ2v) is 7.95. The van der Waals surface area contributed by atoms with Crippen molar-refractivity contribution in [2.24, 2.45) is 0 Å². The number of aryl methyl sites for hydroxylation is 1. The lowest BCUT2D eigenvalue weighted by molar-refractivity contribution is 0.635. The average Bonchev–Trinajstić information content (AvgIpc) is 3.11. The molecule has 1 aromatic carbocycles. The lowest BCUT2D eigenvalue weighted by atomic mass is 10.1. The summed E-state index contributed by atoms with van der Waals surface area (Å²) in [7, 11) is 0. The molecule has 0 atom stereocenters. The molecule has 1 aliphatic carbocycles. The van der Waals surface area contributed by atoms with Crippen LogP contribution in [-0.2, 0) is 12.2 Å². The summed E-state index contributed by atoms with van der Waals surface area (Å²) in [5.41, 5.74) is 2.72. The SMILES string of the molecule is Cc1ccccc1CSc1nnc(Cc2cccs2)n1C1CC1. The van der Waals surface area contributed by atoms with Crippen molar-refractivity contribution < 1.29 is 0 Å². The molecule has 2 aromatic heterocycles. The van der Waals surface area contributed by atoms with E-state index in [1.54, 1.807) is 11.3 Å². The van der Waals surface area contributed by atoms with Crippen molar-refractivity contribution in [1.82, 2.24) is 14.8 Å². The molecule has 1 aliphatic rings. The van der Waals surface area contributed by atoms with Gasteiger partial charge in [-0.05, 0) is 42.3 Å². The standard InChI is InChI=1S/C18H19N3S2/c1-13-5-2-3-6-14(13)12-23-18-20-19-17(21(18)15-8-9-15)11-16-7-4-10-22-16/h2-7,10,15H,8-9,11-12H2,1H3. The molecule has 0 aliphatic heterocycles. The summed E-state index contributed by atoms with van der Waals surface area (Å²) < 4.78 is 2.38. The van der Waals surface area contributed by atoms with E-state index in [0.29, 0.717) is 6.04 Å². The number of hydrogen-bond donors (Lipinski definition) is 0. The first-order valence-corrected chi connectivity index (χ1v) is 9.81. The quantitative estimate of drug-likeness (QED) is 0.600. The molecule has 3 aromatic rings. The van der Waals surface area contributed by atoms with Gasteiger partial charge in [-0.25, -0.2) is 0 Å². The summed E-state index contributed by atoms with van der Waals surface area (Å²) >= 11 is 3.60. The van der Waals surface area contributed by atoms with Gasteiger partial charge in [-0.2, -0.15) is 0 Å². The normalized spacial score (nSPS) is 14.3. The Kier molecular flexibility index (Phi) is 4.23. The van der Waals surface area contributed by atoms with Gasteiger partial charge < -0.3 is 4.57 Å². The molecular formula is C18H19N3S2. The molecule has 0 N–H and O–H groups in total. The molecule has 0 saturated heterocycles. The lowest BCUT2D eigenvalue weighted by Crippen LogP contribution is -2.03. The summed E-state index contributed by atoms with van der Waals surface area (Å²) in [6.45, 7) is 2.17. The highest BCUT2D eigenvalue weighted by Gasteiger charge is 2.29. The Balaban J connectivity index is 1.54. The number of thiophene rings is 1. The van der Waals surface area contributed by atoms with Gasteiger partial charge >= 0.3 is 0 Å². The average molecular weight is 342 g/mol. The third kappa shape index (κ3) is 3.35. The van der Waals surface area contributed by atoms with Crippen LogP contribution in [0.2, 0.25) is 0 Å². The van der Waals surface area contributed by atoms with E-state index < -0.39 is 0 Å². The Hall–Kier alpha value is -1.59. The van der Waals surface area contributed by atoms with E-state index in [0.717, 1.165) is 23.2 Å². The van der Waals surface area contributed by atoms with Crippen LogP contribution in [0, 0.1) is 6.92 Å². The van der Waals surface area contributed by atoms with E-state index in [1.165, 1.54) is 28.8 Å². The molecule has 5 heteroatoms. The molecule has 3 nitrogen and oxygen atoms in total. The van der Waals surface area contributed by atoms with Crippen molar-refractivity contribution in [3.8, 4) is 0 Å². The third-order valence-corrected chi connectivity index (χ3v) is 6.05. The second kappa shape index (κ2) is 6.49. The van der Waals surface area contributed by atoms with Gasteiger partial charge in [0.25, 0.3) is 0 Å². The fraction of sp³-hybridized carbons (Fsp3) is 0.333. The van der Waals surface area contributed by atoms with Crippen LogP contribution < -0.4 is 0 Å². The van der Waals surface area contributed by atoms with Crippen LogP contribution in [0.1, 0.15) is 40.7 Å². The van der Waals surface area contributed by atoms with Crippen LogP contribution in [0.15, 0.2) is 46.9 Å². The van der Waals surface area contributed by atoms with Crippen molar-refractivity contribution in [2.75, 3.05) is 0 Å². The molecular weight excluding hydrogens is 322 g/mol. The summed E-state index contributed by atoms with van der Waals surface area (Å²) in [6, 6.07) is 13.5. The number of nitrogens with zero attached hydrogens (tertiary/aromatic N) is 3. The zero-order chi connectivity index (χ0) is 15.6. The van der Waals surface area contributed by atoms with Crippen molar-refractivity contribution in [3.05, 3.63) is 63.6 Å². The number of benzene rings is 1. The minimum Gasteiger partial charge on any atom is -0.303 e. The Morgan fingerprint density at radius 1 is 1.17 bits per heavy atom. The highest BCUT2D eigenvalue weighted by Crippen LogP contribution is 2.39. The first-order chi connectivity index (χ1) is 11.3. The van der Waals surface area contributed by atoms with Gasteiger partial charge in [-0.15, -0.1) is 21.5 Å². The van der Waals surface area contributed by atoms with Crippen LogP contribution in [-0.4, -0.2) is 14.8 Å². The number of hydrogen-bond acceptors (Lipinski definition) is 4. The van der Waals surface area contributed by atoms with Crippen LogP contribution in [0.3, 0.4) is 0 Å². The molecule has 23 heavy (non-hydrogen) atoms. The molecule has 1 fully saturated rings. The maximum atomic E-state index is 4.49. The summed E-state index contributed by atoms with van der Waals surface area (Å²) in [4.78, 5) is 1.36. The van der Waals surface area contributed by atoms with Crippen LogP contribution in [0.25, 0.3) is 0 Å². The smallest absolute Gasteiger partial charge is 0.191 e. The molecule has 1 saturated carbocycles. The molecule has 0 spiro atoms. The molecule has 4 rings (SSSR count). The highest BCUT2D eigenvalue weighted by molar-refractivity contribution is 7.98. The highest BCUT2D eigenvalue weighted by atomic mass is 32.2. The van der Waals surface area contributed by atoms with Crippen molar-refractivity contribution in [1.29, 1.82) is 0 Å². The lowest BCUT2D eigenvalue weighted by Gasteiger charge is -2.09. The van der Waals surface area contributed by atoms with E-state index >= 15 is 0 Å². The summed E-state index contributed by atoms with van der Waals surface area (Å²) in [5, 5.41) is 12.2. The maximum Gasteiger partial charge on any atom is 0.191 e. The minimum absolute atomic E-state index is 0.610. The van der Waals surface area contributed by atoms with Gasteiger partial charge in [0.2, 0.25) is 0 Å². The zero-order valence-corrected chi connectivity index (χ0v) is 14.7. The Labute approximate surface area is 144 Å². The summed E-state index contributed by atoms with van der Waals surface area (Å²) in [5.74, 6) is 2.07. The largest absolute Gasteiger partial charge is 0.303 e. The first kappa shape index (κ1) is 15.0. The Bertz CT molecular complexity index is 788. The van der Waals surface area contributed by atoms with Crippen molar-refractivity contribution >= 4 is 23.1 Å². The van der Waals surface area contributed by atoms with E-state index in [-0.39, 0.29) is 0 Å². The zero-order valence-electron chi connectivity index (χ0n) is 13.1.